The lowest BCUT2D eigenvalue weighted by Gasteiger charge is -2.15. The highest BCUT2D eigenvalue weighted by atomic mass is 79.9. The molecule has 2 aromatic carbocycles. The highest BCUT2D eigenvalue weighted by molar-refractivity contribution is 9.10. The van der Waals surface area contributed by atoms with E-state index in [0.29, 0.717) is 15.9 Å². The molecule has 0 fully saturated rings. The summed E-state index contributed by atoms with van der Waals surface area (Å²) in [6.07, 6.45) is 0. The lowest BCUT2D eigenvalue weighted by molar-refractivity contribution is 0.417. The number of ether oxygens (including phenoxy) is 1. The van der Waals surface area contributed by atoms with Crippen LogP contribution >= 0.6 is 39.7 Å². The second-order valence-electron chi connectivity index (χ2n) is 4.38. The molecule has 0 heterocycles. The second-order valence-corrected chi connectivity index (χ2v) is 6.14. The standard InChI is InChI=1S/C15H14BrClN2OS/c1-9-7-10(16)3-5-12(9)18-15(21)19-13-8-11(17)4-6-14(13)20-2/h3-8H,1-2H3,(H2,18,19,21). The Balaban J connectivity index is 2.13. The first-order valence-corrected chi connectivity index (χ1v) is 7.75. The molecule has 0 aliphatic carbocycles. The quantitative estimate of drug-likeness (QED) is 0.709. The lowest BCUT2D eigenvalue weighted by Crippen LogP contribution is -2.20. The predicted octanol–water partition coefficient (Wildman–Crippen LogP) is 5.23. The van der Waals surface area contributed by atoms with Gasteiger partial charge in [-0.15, -0.1) is 0 Å². The van der Waals surface area contributed by atoms with E-state index in [4.69, 9.17) is 28.6 Å². The van der Waals surface area contributed by atoms with Gasteiger partial charge in [0.1, 0.15) is 5.75 Å². The van der Waals surface area contributed by atoms with Crippen LogP contribution in [0, 0.1) is 6.92 Å². The fourth-order valence-electron chi connectivity index (χ4n) is 1.82. The molecule has 0 bridgehead atoms. The van der Waals surface area contributed by atoms with Crippen molar-refractivity contribution in [2.24, 2.45) is 0 Å². The van der Waals surface area contributed by atoms with Gasteiger partial charge in [0.05, 0.1) is 12.8 Å². The van der Waals surface area contributed by atoms with Crippen LogP contribution in [-0.2, 0) is 0 Å². The second kappa shape index (κ2) is 7.11. The predicted molar refractivity (Wildman–Crippen MR) is 96.7 cm³/mol. The van der Waals surface area contributed by atoms with E-state index in [0.717, 1.165) is 21.4 Å². The summed E-state index contributed by atoms with van der Waals surface area (Å²) in [4.78, 5) is 0. The largest absolute Gasteiger partial charge is 0.495 e. The maximum atomic E-state index is 6.00. The van der Waals surface area contributed by atoms with Gasteiger partial charge in [-0.1, -0.05) is 27.5 Å². The third-order valence-electron chi connectivity index (χ3n) is 2.85. The van der Waals surface area contributed by atoms with Gasteiger partial charge in [0, 0.05) is 15.2 Å². The van der Waals surface area contributed by atoms with E-state index in [1.807, 2.05) is 25.1 Å². The lowest BCUT2D eigenvalue weighted by atomic mass is 10.2. The summed E-state index contributed by atoms with van der Waals surface area (Å²) in [5.41, 5.74) is 2.75. The summed E-state index contributed by atoms with van der Waals surface area (Å²) in [7, 11) is 1.60. The van der Waals surface area contributed by atoms with E-state index in [-0.39, 0.29) is 0 Å². The average molecular weight is 386 g/mol. The summed E-state index contributed by atoms with van der Waals surface area (Å²) in [5.74, 6) is 0.677. The van der Waals surface area contributed by atoms with Crippen molar-refractivity contribution in [2.75, 3.05) is 17.7 Å². The molecule has 2 N–H and O–H groups in total. The molecular weight excluding hydrogens is 372 g/mol. The van der Waals surface area contributed by atoms with Gasteiger partial charge in [-0.2, -0.15) is 0 Å². The number of hydrogen-bond donors (Lipinski definition) is 2. The van der Waals surface area contributed by atoms with Crippen LogP contribution in [0.25, 0.3) is 0 Å². The van der Waals surface area contributed by atoms with E-state index in [1.54, 1.807) is 25.3 Å². The molecule has 0 unspecified atom stereocenters. The minimum Gasteiger partial charge on any atom is -0.495 e. The Morgan fingerprint density at radius 3 is 2.52 bits per heavy atom. The van der Waals surface area contributed by atoms with Crippen molar-refractivity contribution in [3.8, 4) is 5.75 Å². The van der Waals surface area contributed by atoms with Gasteiger partial charge in [-0.3, -0.25) is 0 Å². The maximum absolute atomic E-state index is 6.00. The maximum Gasteiger partial charge on any atom is 0.175 e. The molecule has 6 heteroatoms. The number of halogens is 2. The Labute approximate surface area is 142 Å². The van der Waals surface area contributed by atoms with Crippen LogP contribution in [0.2, 0.25) is 5.02 Å². The van der Waals surface area contributed by atoms with E-state index in [9.17, 15) is 0 Å². The highest BCUT2D eigenvalue weighted by Crippen LogP contribution is 2.28. The van der Waals surface area contributed by atoms with Crippen molar-refractivity contribution < 1.29 is 4.74 Å². The number of benzene rings is 2. The van der Waals surface area contributed by atoms with Gasteiger partial charge >= 0.3 is 0 Å². The molecule has 0 atom stereocenters. The molecule has 2 rings (SSSR count). The molecule has 0 aliphatic heterocycles. The molecule has 2 aromatic rings. The Morgan fingerprint density at radius 2 is 1.86 bits per heavy atom. The molecule has 0 aliphatic rings. The molecular formula is C15H14BrClN2OS. The molecule has 0 spiro atoms. The molecule has 0 saturated carbocycles. The zero-order valence-corrected chi connectivity index (χ0v) is 14.7. The smallest absolute Gasteiger partial charge is 0.175 e. The van der Waals surface area contributed by atoms with Crippen LogP contribution in [0.3, 0.4) is 0 Å². The zero-order chi connectivity index (χ0) is 15.4. The summed E-state index contributed by atoms with van der Waals surface area (Å²) < 4.78 is 6.30. The van der Waals surface area contributed by atoms with E-state index < -0.39 is 0 Å². The van der Waals surface area contributed by atoms with Crippen LogP contribution in [-0.4, -0.2) is 12.2 Å². The van der Waals surface area contributed by atoms with Gasteiger partial charge in [0.2, 0.25) is 0 Å². The SMILES string of the molecule is COc1ccc(Cl)cc1NC(=S)Nc1ccc(Br)cc1C. The van der Waals surface area contributed by atoms with E-state index in [1.165, 1.54) is 0 Å². The van der Waals surface area contributed by atoms with Gasteiger partial charge in [0.25, 0.3) is 0 Å². The Morgan fingerprint density at radius 1 is 1.14 bits per heavy atom. The van der Waals surface area contributed by atoms with Crippen molar-refractivity contribution in [3.05, 3.63) is 51.5 Å². The average Bonchev–Trinajstić information content (AvgIpc) is 2.42. The van der Waals surface area contributed by atoms with Gasteiger partial charge in [-0.25, -0.2) is 0 Å². The van der Waals surface area contributed by atoms with Crippen LogP contribution < -0.4 is 15.4 Å². The van der Waals surface area contributed by atoms with Crippen LogP contribution in [0.5, 0.6) is 5.75 Å². The first kappa shape index (κ1) is 16.1. The highest BCUT2D eigenvalue weighted by Gasteiger charge is 2.07. The molecule has 3 nitrogen and oxygen atoms in total. The van der Waals surface area contributed by atoms with Crippen LogP contribution in [0.15, 0.2) is 40.9 Å². The van der Waals surface area contributed by atoms with Crippen molar-refractivity contribution in [3.63, 3.8) is 0 Å². The fourth-order valence-corrected chi connectivity index (χ4v) is 2.69. The van der Waals surface area contributed by atoms with Crippen LogP contribution in [0.1, 0.15) is 5.56 Å². The normalized spacial score (nSPS) is 10.1. The number of nitrogens with one attached hydrogen (secondary N) is 2. The molecule has 0 amide bonds. The number of methoxy groups -OCH3 is 1. The molecule has 110 valence electrons. The van der Waals surface area contributed by atoms with E-state index in [2.05, 4.69) is 26.6 Å². The minimum absolute atomic E-state index is 0.473. The molecule has 0 aromatic heterocycles. The molecule has 0 saturated heterocycles. The van der Waals surface area contributed by atoms with Crippen molar-refractivity contribution >= 4 is 56.2 Å². The number of thiocarbonyl (C=S) groups is 1. The Hall–Kier alpha value is -1.30. The third-order valence-corrected chi connectivity index (χ3v) is 3.78. The van der Waals surface area contributed by atoms with Gasteiger partial charge in [-0.05, 0) is 61.1 Å². The van der Waals surface area contributed by atoms with Crippen molar-refractivity contribution in [1.29, 1.82) is 0 Å². The van der Waals surface area contributed by atoms with Gasteiger partial charge in [0.15, 0.2) is 5.11 Å². The van der Waals surface area contributed by atoms with Crippen molar-refractivity contribution in [2.45, 2.75) is 6.92 Å². The number of hydrogen-bond acceptors (Lipinski definition) is 2. The third kappa shape index (κ3) is 4.33. The summed E-state index contributed by atoms with van der Waals surface area (Å²) in [5, 5.41) is 7.33. The fraction of sp³-hybridized carbons (Fsp3) is 0.133. The zero-order valence-electron chi connectivity index (χ0n) is 11.5. The molecule has 0 radical (unpaired) electrons. The Kier molecular flexibility index (Phi) is 5.45. The Bertz CT molecular complexity index is 679. The molecule has 21 heavy (non-hydrogen) atoms. The number of aryl methyl sites for hydroxylation is 1. The first-order valence-electron chi connectivity index (χ1n) is 6.17. The summed E-state index contributed by atoms with van der Waals surface area (Å²) >= 11 is 14.8. The van der Waals surface area contributed by atoms with E-state index >= 15 is 0 Å². The summed E-state index contributed by atoms with van der Waals surface area (Å²) in [6.45, 7) is 2.01. The number of rotatable bonds is 3. The van der Waals surface area contributed by atoms with Crippen LogP contribution in [0.4, 0.5) is 11.4 Å². The topological polar surface area (TPSA) is 33.3 Å². The van der Waals surface area contributed by atoms with Gasteiger partial charge < -0.3 is 15.4 Å². The number of anilines is 2. The minimum atomic E-state index is 0.473. The summed E-state index contributed by atoms with van der Waals surface area (Å²) in [6, 6.07) is 11.3. The monoisotopic (exact) mass is 384 g/mol. The van der Waals surface area contributed by atoms with Crippen molar-refractivity contribution in [1.82, 2.24) is 0 Å². The first-order chi connectivity index (χ1) is 9.99.